The summed E-state index contributed by atoms with van der Waals surface area (Å²) in [5, 5.41) is 2.18. The molecule has 1 fully saturated rings. The Bertz CT molecular complexity index is 1270. The van der Waals surface area contributed by atoms with Crippen molar-refractivity contribution in [1.29, 1.82) is 0 Å². The molecule has 0 spiro atoms. The van der Waals surface area contributed by atoms with Gasteiger partial charge in [-0.25, -0.2) is 0 Å². The van der Waals surface area contributed by atoms with Gasteiger partial charge in [-0.2, -0.15) is 5.01 Å². The first-order valence-electron chi connectivity index (χ1n) is 10.1. The van der Waals surface area contributed by atoms with Crippen molar-refractivity contribution in [2.75, 3.05) is 0 Å². The number of hydrogen-bond donors (Lipinski definition) is 1. The van der Waals surface area contributed by atoms with E-state index in [1.807, 2.05) is 31.2 Å². The van der Waals surface area contributed by atoms with Crippen molar-refractivity contribution in [3.8, 4) is 5.75 Å². The first kappa shape index (κ1) is 24.3. The topological polar surface area (TPSA) is 58.6 Å². The molecule has 4 rings (SSSR count). The molecule has 1 N–H and O–H groups in total. The quantitative estimate of drug-likeness (QED) is 0.295. The summed E-state index contributed by atoms with van der Waals surface area (Å²) in [5.74, 6) is -0.159. The van der Waals surface area contributed by atoms with Gasteiger partial charge in [0.1, 0.15) is 12.4 Å². The third-order valence-electron chi connectivity index (χ3n) is 4.94. The Morgan fingerprint density at radius 1 is 1.06 bits per heavy atom. The molecule has 3 aromatic carbocycles. The van der Waals surface area contributed by atoms with Gasteiger partial charge >= 0.3 is 0 Å². The first-order chi connectivity index (χ1) is 16.3. The number of hydrazine groups is 1. The Labute approximate surface area is 216 Å². The van der Waals surface area contributed by atoms with Crippen molar-refractivity contribution in [3.05, 3.63) is 104 Å². The van der Waals surface area contributed by atoms with Crippen LogP contribution in [0.5, 0.6) is 5.75 Å². The van der Waals surface area contributed by atoms with Crippen LogP contribution in [0.1, 0.15) is 27.0 Å². The van der Waals surface area contributed by atoms with Crippen LogP contribution in [0, 0.1) is 6.92 Å². The normalized spacial score (nSPS) is 14.6. The van der Waals surface area contributed by atoms with Gasteiger partial charge in [-0.15, -0.1) is 0 Å². The fourth-order valence-electron chi connectivity index (χ4n) is 3.07. The van der Waals surface area contributed by atoms with E-state index in [4.69, 9.17) is 40.2 Å². The maximum absolute atomic E-state index is 12.8. The molecule has 0 atom stereocenters. The van der Waals surface area contributed by atoms with Gasteiger partial charge in [0.25, 0.3) is 11.8 Å². The number of carbonyl (C=O) groups excluding carboxylic acids is 2. The van der Waals surface area contributed by atoms with Crippen molar-refractivity contribution < 1.29 is 14.3 Å². The second kappa shape index (κ2) is 10.6. The van der Waals surface area contributed by atoms with Crippen LogP contribution in [-0.4, -0.2) is 21.1 Å². The lowest BCUT2D eigenvalue weighted by molar-refractivity contribution is -0.123. The molecule has 1 heterocycles. The van der Waals surface area contributed by atoms with Crippen molar-refractivity contribution in [3.63, 3.8) is 0 Å². The number of hydrogen-bond acceptors (Lipinski definition) is 5. The molecule has 9 heteroatoms. The Morgan fingerprint density at radius 3 is 2.35 bits per heavy atom. The van der Waals surface area contributed by atoms with Gasteiger partial charge in [0.15, 0.2) is 4.32 Å². The average Bonchev–Trinajstić information content (AvgIpc) is 3.07. The van der Waals surface area contributed by atoms with Crippen LogP contribution in [0.4, 0.5) is 0 Å². The van der Waals surface area contributed by atoms with E-state index in [1.54, 1.807) is 48.5 Å². The number of aryl methyl sites for hydroxylation is 1. The van der Waals surface area contributed by atoms with E-state index in [2.05, 4.69) is 5.43 Å². The average molecular weight is 529 g/mol. The number of rotatable bonds is 6. The summed E-state index contributed by atoms with van der Waals surface area (Å²) in [6.45, 7) is 2.17. The predicted octanol–water partition coefficient (Wildman–Crippen LogP) is 6.43. The molecule has 0 saturated carbocycles. The number of halogens is 2. The summed E-state index contributed by atoms with van der Waals surface area (Å²) in [5.41, 5.74) is 5.56. The minimum Gasteiger partial charge on any atom is -0.489 e. The standard InChI is InChI=1S/C25H18Cl2N2O3S2/c1-15-5-9-17(10-6-15)23(30)28-29-24(31)22(34-25(29)33)13-16-7-11-18(12-8-16)32-14-19-20(26)3-2-4-21(19)27/h2-13H,14H2,1H3,(H,28,30)/b22-13-. The fraction of sp³-hybridized carbons (Fsp3) is 0.0800. The smallest absolute Gasteiger partial charge is 0.285 e. The fourth-order valence-corrected chi connectivity index (χ4v) is 4.76. The second-order valence-corrected chi connectivity index (χ2v) is 9.87. The highest BCUT2D eigenvalue weighted by atomic mass is 35.5. The summed E-state index contributed by atoms with van der Waals surface area (Å²) in [6.07, 6.45) is 1.71. The minimum atomic E-state index is -0.405. The predicted molar refractivity (Wildman–Crippen MR) is 141 cm³/mol. The Balaban J connectivity index is 1.40. The van der Waals surface area contributed by atoms with Crippen LogP contribution in [0.25, 0.3) is 6.08 Å². The molecule has 0 unspecified atom stereocenters. The molecule has 0 aromatic heterocycles. The first-order valence-corrected chi connectivity index (χ1v) is 12.1. The summed E-state index contributed by atoms with van der Waals surface area (Å²) >= 11 is 18.8. The highest BCUT2D eigenvalue weighted by Gasteiger charge is 2.33. The molecular formula is C25H18Cl2N2O3S2. The van der Waals surface area contributed by atoms with Gasteiger partial charge < -0.3 is 4.74 Å². The number of benzene rings is 3. The molecular weight excluding hydrogens is 511 g/mol. The van der Waals surface area contributed by atoms with Gasteiger partial charge in [0.05, 0.1) is 4.91 Å². The summed E-state index contributed by atoms with van der Waals surface area (Å²) < 4.78 is 6.05. The Hall–Kier alpha value is -2.84. The Morgan fingerprint density at radius 2 is 1.71 bits per heavy atom. The van der Waals surface area contributed by atoms with Crippen molar-refractivity contribution in [2.45, 2.75) is 13.5 Å². The molecule has 0 radical (unpaired) electrons. The van der Waals surface area contributed by atoms with E-state index in [0.717, 1.165) is 27.9 Å². The number of nitrogens with zero attached hydrogens (tertiary/aromatic N) is 1. The molecule has 172 valence electrons. The van der Waals surface area contributed by atoms with Crippen molar-refractivity contribution in [2.24, 2.45) is 0 Å². The second-order valence-electron chi connectivity index (χ2n) is 7.38. The largest absolute Gasteiger partial charge is 0.489 e. The molecule has 1 aliphatic rings. The molecule has 2 amide bonds. The minimum absolute atomic E-state index is 0.233. The third-order valence-corrected chi connectivity index (χ3v) is 6.95. The van der Waals surface area contributed by atoms with E-state index < -0.39 is 5.91 Å². The van der Waals surface area contributed by atoms with Gasteiger partial charge in [-0.05, 0) is 67.2 Å². The van der Waals surface area contributed by atoms with Crippen molar-refractivity contribution in [1.82, 2.24) is 10.4 Å². The van der Waals surface area contributed by atoms with Crippen LogP contribution in [0.3, 0.4) is 0 Å². The zero-order chi connectivity index (χ0) is 24.2. The molecule has 3 aromatic rings. The van der Waals surface area contributed by atoms with E-state index in [1.165, 1.54) is 0 Å². The number of thiocarbonyl (C=S) groups is 1. The molecule has 1 saturated heterocycles. The highest BCUT2D eigenvalue weighted by molar-refractivity contribution is 8.26. The zero-order valence-corrected chi connectivity index (χ0v) is 21.0. The van der Waals surface area contributed by atoms with Gasteiger partial charge in [-0.1, -0.05) is 70.9 Å². The number of ether oxygens (including phenoxy) is 1. The summed E-state index contributed by atoms with van der Waals surface area (Å²) in [7, 11) is 0. The summed E-state index contributed by atoms with van der Waals surface area (Å²) in [6, 6.07) is 19.6. The lowest BCUT2D eigenvalue weighted by atomic mass is 10.1. The molecule has 0 bridgehead atoms. The van der Waals surface area contributed by atoms with E-state index in [0.29, 0.717) is 31.8 Å². The maximum atomic E-state index is 12.8. The number of thioether (sulfide) groups is 1. The lowest BCUT2D eigenvalue weighted by Gasteiger charge is -2.15. The Kier molecular flexibility index (Phi) is 7.58. The molecule has 34 heavy (non-hydrogen) atoms. The molecule has 0 aliphatic carbocycles. The molecule has 5 nitrogen and oxygen atoms in total. The van der Waals surface area contributed by atoms with E-state index in [-0.39, 0.29) is 16.8 Å². The summed E-state index contributed by atoms with van der Waals surface area (Å²) in [4.78, 5) is 25.7. The van der Waals surface area contributed by atoms with E-state index >= 15 is 0 Å². The lowest BCUT2D eigenvalue weighted by Crippen LogP contribution is -2.44. The monoisotopic (exact) mass is 528 g/mol. The van der Waals surface area contributed by atoms with Crippen LogP contribution in [0.2, 0.25) is 10.0 Å². The number of carbonyl (C=O) groups is 2. The number of amides is 2. The van der Waals surface area contributed by atoms with Crippen molar-refractivity contribution >= 4 is 69.4 Å². The third kappa shape index (κ3) is 5.62. The number of nitrogens with one attached hydrogen (secondary N) is 1. The highest BCUT2D eigenvalue weighted by Crippen LogP contribution is 2.32. The van der Waals surface area contributed by atoms with Gasteiger partial charge in [0.2, 0.25) is 0 Å². The van der Waals surface area contributed by atoms with Crippen LogP contribution in [-0.2, 0) is 11.4 Å². The van der Waals surface area contributed by atoms with Gasteiger partial charge in [-0.3, -0.25) is 15.0 Å². The SMILES string of the molecule is Cc1ccc(C(=O)NN2C(=O)/C(=C/c3ccc(OCc4c(Cl)cccc4Cl)cc3)SC2=S)cc1. The van der Waals surface area contributed by atoms with Gasteiger partial charge in [0, 0.05) is 21.2 Å². The zero-order valence-electron chi connectivity index (χ0n) is 17.9. The van der Waals surface area contributed by atoms with Crippen LogP contribution >= 0.6 is 47.2 Å². The molecule has 1 aliphatic heterocycles. The van der Waals surface area contributed by atoms with Crippen LogP contribution in [0.15, 0.2) is 71.6 Å². The van der Waals surface area contributed by atoms with Crippen LogP contribution < -0.4 is 10.2 Å². The van der Waals surface area contributed by atoms with E-state index in [9.17, 15) is 9.59 Å². The maximum Gasteiger partial charge on any atom is 0.285 e.